The van der Waals surface area contributed by atoms with Gasteiger partial charge in [-0.2, -0.15) is 0 Å². The molecule has 5 heteroatoms. The van der Waals surface area contributed by atoms with E-state index in [4.69, 9.17) is 0 Å². The molecule has 1 saturated heterocycles. The molecule has 1 aromatic carbocycles. The van der Waals surface area contributed by atoms with E-state index in [-0.39, 0.29) is 18.1 Å². The van der Waals surface area contributed by atoms with Crippen molar-refractivity contribution in [1.29, 1.82) is 0 Å². The second kappa shape index (κ2) is 7.40. The van der Waals surface area contributed by atoms with E-state index in [1.54, 1.807) is 0 Å². The summed E-state index contributed by atoms with van der Waals surface area (Å²) in [6, 6.07) is 9.74. The summed E-state index contributed by atoms with van der Waals surface area (Å²) in [5, 5.41) is 13.8. The molecule has 1 aliphatic rings. The standard InChI is InChI=1S/C20H27N3O2/c1-3-15-12-18(16-8-5-6-9-17(16)21-15)22-19(25)23-11-7-10-20(4-2,13-23)14-24/h5-6,8-9,12,24H,3-4,7,10-11,13-14H2,1-2H3,(H,21,22,25). The van der Waals surface area contributed by atoms with E-state index in [1.165, 1.54) is 0 Å². The Labute approximate surface area is 149 Å². The molecule has 0 aliphatic carbocycles. The lowest BCUT2D eigenvalue weighted by molar-refractivity contribution is 0.0468. The van der Waals surface area contributed by atoms with Crippen molar-refractivity contribution in [3.63, 3.8) is 0 Å². The number of carbonyl (C=O) groups is 1. The zero-order chi connectivity index (χ0) is 17.9. The number of aliphatic hydroxyl groups is 1. The van der Waals surface area contributed by atoms with E-state index in [1.807, 2.05) is 35.2 Å². The minimum absolute atomic E-state index is 0.0932. The molecule has 1 fully saturated rings. The van der Waals surface area contributed by atoms with Crippen LogP contribution in [-0.2, 0) is 6.42 Å². The van der Waals surface area contributed by atoms with E-state index < -0.39 is 0 Å². The van der Waals surface area contributed by atoms with Gasteiger partial charge in [-0.25, -0.2) is 4.79 Å². The van der Waals surface area contributed by atoms with Gasteiger partial charge in [0.1, 0.15) is 0 Å². The molecular formula is C20H27N3O2. The number of aliphatic hydroxyl groups excluding tert-OH is 1. The lowest BCUT2D eigenvalue weighted by atomic mass is 9.78. The van der Waals surface area contributed by atoms with Crippen LogP contribution < -0.4 is 5.32 Å². The van der Waals surface area contributed by atoms with Gasteiger partial charge >= 0.3 is 6.03 Å². The van der Waals surface area contributed by atoms with Crippen molar-refractivity contribution >= 4 is 22.6 Å². The molecule has 5 nitrogen and oxygen atoms in total. The molecule has 2 aromatic rings. The lowest BCUT2D eigenvalue weighted by Crippen LogP contribution is -2.49. The summed E-state index contributed by atoms with van der Waals surface area (Å²) in [6.07, 6.45) is 3.60. The highest BCUT2D eigenvalue weighted by atomic mass is 16.3. The number of hydrogen-bond acceptors (Lipinski definition) is 3. The minimum atomic E-state index is -0.162. The highest BCUT2D eigenvalue weighted by Gasteiger charge is 2.35. The Morgan fingerprint density at radius 3 is 2.88 bits per heavy atom. The van der Waals surface area contributed by atoms with Gasteiger partial charge in [0.25, 0.3) is 0 Å². The Hall–Kier alpha value is -2.14. The van der Waals surface area contributed by atoms with Crippen molar-refractivity contribution in [2.75, 3.05) is 25.0 Å². The van der Waals surface area contributed by atoms with Gasteiger partial charge in [-0.1, -0.05) is 32.0 Å². The number of nitrogens with one attached hydrogen (secondary N) is 1. The summed E-state index contributed by atoms with van der Waals surface area (Å²) in [5.41, 5.74) is 2.51. The van der Waals surface area contributed by atoms with E-state index in [9.17, 15) is 9.90 Å². The van der Waals surface area contributed by atoms with Crippen LogP contribution in [0, 0.1) is 5.41 Å². The van der Waals surface area contributed by atoms with Gasteiger partial charge in [-0.3, -0.25) is 4.98 Å². The normalized spacial score (nSPS) is 20.7. The zero-order valence-corrected chi connectivity index (χ0v) is 15.1. The molecule has 3 rings (SSSR count). The quantitative estimate of drug-likeness (QED) is 0.888. The third-order valence-corrected chi connectivity index (χ3v) is 5.41. The van der Waals surface area contributed by atoms with E-state index in [0.29, 0.717) is 6.54 Å². The van der Waals surface area contributed by atoms with Crippen LogP contribution in [0.1, 0.15) is 38.8 Å². The Morgan fingerprint density at radius 1 is 1.36 bits per heavy atom. The first-order chi connectivity index (χ1) is 12.1. The van der Waals surface area contributed by atoms with E-state index >= 15 is 0 Å². The number of carbonyl (C=O) groups excluding carboxylic acids is 1. The highest BCUT2D eigenvalue weighted by Crippen LogP contribution is 2.33. The van der Waals surface area contributed by atoms with Crippen molar-refractivity contribution < 1.29 is 9.90 Å². The van der Waals surface area contributed by atoms with Crippen LogP contribution in [0.2, 0.25) is 0 Å². The second-order valence-electron chi connectivity index (χ2n) is 7.00. The van der Waals surface area contributed by atoms with Crippen molar-refractivity contribution in [1.82, 2.24) is 9.88 Å². The Morgan fingerprint density at radius 2 is 2.16 bits per heavy atom. The lowest BCUT2D eigenvalue weighted by Gasteiger charge is -2.41. The van der Waals surface area contributed by atoms with Gasteiger partial charge in [0.15, 0.2) is 0 Å². The SMILES string of the molecule is CCc1cc(NC(=O)N2CCCC(CC)(CO)C2)c2ccccc2n1. The molecule has 1 aromatic heterocycles. The summed E-state index contributed by atoms with van der Waals surface area (Å²) in [5.74, 6) is 0. The average Bonchev–Trinajstić information content (AvgIpc) is 2.67. The van der Waals surface area contributed by atoms with Crippen LogP contribution in [0.25, 0.3) is 10.9 Å². The van der Waals surface area contributed by atoms with Crippen molar-refractivity contribution in [2.45, 2.75) is 39.5 Å². The van der Waals surface area contributed by atoms with Gasteiger partial charge in [-0.05, 0) is 37.8 Å². The molecule has 1 aliphatic heterocycles. The first kappa shape index (κ1) is 17.7. The van der Waals surface area contributed by atoms with Gasteiger partial charge in [-0.15, -0.1) is 0 Å². The minimum Gasteiger partial charge on any atom is -0.396 e. The Kier molecular flexibility index (Phi) is 5.23. The highest BCUT2D eigenvalue weighted by molar-refractivity contribution is 6.00. The maximum Gasteiger partial charge on any atom is 0.321 e. The van der Waals surface area contributed by atoms with Crippen LogP contribution in [0.4, 0.5) is 10.5 Å². The van der Waals surface area contributed by atoms with Gasteiger partial charge in [0.05, 0.1) is 17.8 Å². The number of para-hydroxylation sites is 1. The van der Waals surface area contributed by atoms with Crippen LogP contribution in [0.5, 0.6) is 0 Å². The largest absolute Gasteiger partial charge is 0.396 e. The molecule has 25 heavy (non-hydrogen) atoms. The summed E-state index contributed by atoms with van der Waals surface area (Å²) >= 11 is 0. The second-order valence-corrected chi connectivity index (χ2v) is 7.00. The van der Waals surface area contributed by atoms with Crippen LogP contribution in [0.3, 0.4) is 0 Å². The van der Waals surface area contributed by atoms with Gasteiger partial charge in [0.2, 0.25) is 0 Å². The first-order valence-electron chi connectivity index (χ1n) is 9.16. The smallest absolute Gasteiger partial charge is 0.321 e. The molecule has 1 unspecified atom stereocenters. The molecule has 2 amide bonds. The number of likely N-dealkylation sites (tertiary alicyclic amines) is 1. The van der Waals surface area contributed by atoms with Crippen molar-refractivity contribution in [3.05, 3.63) is 36.0 Å². The Bertz CT molecular complexity index is 756. The predicted octanol–water partition coefficient (Wildman–Crippen LogP) is 3.81. The fourth-order valence-corrected chi connectivity index (χ4v) is 3.62. The maximum atomic E-state index is 12.8. The third kappa shape index (κ3) is 3.61. The first-order valence-corrected chi connectivity index (χ1v) is 9.16. The number of hydrogen-bond donors (Lipinski definition) is 2. The molecule has 0 spiro atoms. The molecule has 1 atom stereocenters. The number of fused-ring (bicyclic) bond motifs is 1. The molecule has 0 bridgehead atoms. The topological polar surface area (TPSA) is 65.5 Å². The molecular weight excluding hydrogens is 314 g/mol. The number of anilines is 1. The summed E-state index contributed by atoms with van der Waals surface area (Å²) in [6.45, 7) is 5.61. The number of nitrogens with zero attached hydrogens (tertiary/aromatic N) is 2. The molecule has 0 radical (unpaired) electrons. The summed E-state index contributed by atoms with van der Waals surface area (Å²) < 4.78 is 0. The van der Waals surface area contributed by atoms with Crippen molar-refractivity contribution in [3.8, 4) is 0 Å². The number of pyridine rings is 1. The fourth-order valence-electron chi connectivity index (χ4n) is 3.62. The van der Waals surface area contributed by atoms with Crippen LogP contribution >= 0.6 is 0 Å². The van der Waals surface area contributed by atoms with Crippen LogP contribution in [0.15, 0.2) is 30.3 Å². The number of aromatic nitrogens is 1. The monoisotopic (exact) mass is 341 g/mol. The van der Waals surface area contributed by atoms with Crippen molar-refractivity contribution in [2.24, 2.45) is 5.41 Å². The van der Waals surface area contributed by atoms with Gasteiger partial charge in [0, 0.05) is 29.6 Å². The predicted molar refractivity (Wildman–Crippen MR) is 101 cm³/mol. The number of piperidine rings is 1. The molecule has 2 heterocycles. The molecule has 2 N–H and O–H groups in total. The number of urea groups is 1. The molecule has 134 valence electrons. The zero-order valence-electron chi connectivity index (χ0n) is 15.1. The van der Waals surface area contributed by atoms with Gasteiger partial charge < -0.3 is 15.3 Å². The Balaban J connectivity index is 1.84. The summed E-state index contributed by atoms with van der Waals surface area (Å²) in [4.78, 5) is 19.3. The summed E-state index contributed by atoms with van der Waals surface area (Å²) in [7, 11) is 0. The third-order valence-electron chi connectivity index (χ3n) is 5.41. The fraction of sp³-hybridized carbons (Fsp3) is 0.500. The number of amides is 2. The number of rotatable bonds is 4. The number of benzene rings is 1. The van der Waals surface area contributed by atoms with E-state index in [0.717, 1.165) is 54.5 Å². The number of aryl methyl sites for hydroxylation is 1. The average molecular weight is 341 g/mol. The maximum absolute atomic E-state index is 12.8. The van der Waals surface area contributed by atoms with Crippen LogP contribution in [-0.4, -0.2) is 40.7 Å². The van der Waals surface area contributed by atoms with E-state index in [2.05, 4.69) is 24.1 Å². The molecule has 0 saturated carbocycles.